The number of hydrogen-bond acceptors (Lipinski definition) is 7. The standard InChI is InChI=1S/C22H25F2N7O2/c1-22(32)8-5-14(6-9-22)25-21-26-20(33-2)19-15(7-10-30(19)28-21)13-3-4-16-17(11-13)31(29-27-16)12-18(23)24/h3-4,7,10-11,14,18,32H,5-6,8-9,12H2,1-2H3,(H,25,28)/t14-,22+. The molecule has 1 aliphatic carbocycles. The molecule has 0 saturated heterocycles. The maximum Gasteiger partial charge on any atom is 0.258 e. The minimum absolute atomic E-state index is 0.174. The number of fused-ring (bicyclic) bond motifs is 2. The number of anilines is 1. The quantitative estimate of drug-likeness (QED) is 0.457. The maximum atomic E-state index is 12.9. The van der Waals surface area contributed by atoms with Crippen molar-refractivity contribution in [2.24, 2.45) is 0 Å². The van der Waals surface area contributed by atoms with Crippen molar-refractivity contribution in [1.82, 2.24) is 29.6 Å². The Morgan fingerprint density at radius 3 is 2.79 bits per heavy atom. The molecule has 0 unspecified atom stereocenters. The van der Waals surface area contributed by atoms with E-state index in [-0.39, 0.29) is 6.04 Å². The molecule has 0 radical (unpaired) electrons. The lowest BCUT2D eigenvalue weighted by Gasteiger charge is -2.33. The number of aromatic nitrogens is 6. The van der Waals surface area contributed by atoms with E-state index in [0.717, 1.165) is 36.8 Å². The minimum atomic E-state index is -2.52. The first-order valence-electron chi connectivity index (χ1n) is 10.9. The predicted octanol–water partition coefficient (Wildman–Crippen LogP) is 3.52. The number of nitrogens with zero attached hydrogens (tertiary/aromatic N) is 6. The zero-order chi connectivity index (χ0) is 23.2. The van der Waals surface area contributed by atoms with Crippen molar-refractivity contribution >= 4 is 22.5 Å². The van der Waals surface area contributed by atoms with Gasteiger partial charge in [-0.1, -0.05) is 11.3 Å². The molecule has 1 aromatic carbocycles. The number of benzene rings is 1. The van der Waals surface area contributed by atoms with E-state index in [1.54, 1.807) is 23.8 Å². The Balaban J connectivity index is 1.49. The molecule has 0 aliphatic heterocycles. The van der Waals surface area contributed by atoms with Gasteiger partial charge in [0.15, 0.2) is 0 Å². The molecule has 1 fully saturated rings. The number of methoxy groups -OCH3 is 1. The third-order valence-corrected chi connectivity index (χ3v) is 6.20. The van der Waals surface area contributed by atoms with Crippen LogP contribution in [0.3, 0.4) is 0 Å². The predicted molar refractivity (Wildman–Crippen MR) is 119 cm³/mol. The normalized spacial score (nSPS) is 21.2. The van der Waals surface area contributed by atoms with Crippen LogP contribution in [0.5, 0.6) is 5.88 Å². The number of alkyl halides is 2. The van der Waals surface area contributed by atoms with Gasteiger partial charge in [-0.3, -0.25) is 0 Å². The summed E-state index contributed by atoms with van der Waals surface area (Å²) in [6.07, 6.45) is 2.38. The van der Waals surface area contributed by atoms with E-state index in [1.807, 2.05) is 25.3 Å². The van der Waals surface area contributed by atoms with Crippen molar-refractivity contribution in [3.63, 3.8) is 0 Å². The summed E-state index contributed by atoms with van der Waals surface area (Å²) < 4.78 is 34.3. The zero-order valence-electron chi connectivity index (χ0n) is 18.4. The molecular formula is C22H25F2N7O2. The van der Waals surface area contributed by atoms with Crippen LogP contribution >= 0.6 is 0 Å². The summed E-state index contributed by atoms with van der Waals surface area (Å²) in [5.74, 6) is 0.845. The Labute approximate surface area is 188 Å². The van der Waals surface area contributed by atoms with Crippen LogP contribution in [0.25, 0.3) is 27.7 Å². The summed E-state index contributed by atoms with van der Waals surface area (Å²) in [6.45, 7) is 1.35. The van der Waals surface area contributed by atoms with E-state index in [0.29, 0.717) is 28.4 Å². The van der Waals surface area contributed by atoms with Gasteiger partial charge in [0.25, 0.3) is 6.43 Å². The highest BCUT2D eigenvalue weighted by Gasteiger charge is 2.29. The van der Waals surface area contributed by atoms with Crippen LogP contribution in [-0.2, 0) is 6.54 Å². The highest BCUT2D eigenvalue weighted by Crippen LogP contribution is 2.34. The molecule has 4 aromatic rings. The molecule has 2 N–H and O–H groups in total. The lowest BCUT2D eigenvalue weighted by Crippen LogP contribution is -2.36. The van der Waals surface area contributed by atoms with Gasteiger partial charge in [-0.2, -0.15) is 4.98 Å². The van der Waals surface area contributed by atoms with E-state index in [4.69, 9.17) is 4.74 Å². The highest BCUT2D eigenvalue weighted by atomic mass is 19.3. The highest BCUT2D eigenvalue weighted by molar-refractivity contribution is 5.89. The number of halogens is 2. The van der Waals surface area contributed by atoms with Gasteiger partial charge in [0.2, 0.25) is 11.8 Å². The van der Waals surface area contributed by atoms with Gasteiger partial charge < -0.3 is 15.2 Å². The van der Waals surface area contributed by atoms with Crippen LogP contribution in [0.15, 0.2) is 30.5 Å². The molecular weight excluding hydrogens is 432 g/mol. The maximum absolute atomic E-state index is 12.9. The van der Waals surface area contributed by atoms with Crippen molar-refractivity contribution in [2.75, 3.05) is 12.4 Å². The average Bonchev–Trinajstić information content (AvgIpc) is 3.38. The summed E-state index contributed by atoms with van der Waals surface area (Å²) in [5, 5.41) is 25.9. The van der Waals surface area contributed by atoms with E-state index in [9.17, 15) is 13.9 Å². The summed E-state index contributed by atoms with van der Waals surface area (Å²) in [5.41, 5.74) is 2.72. The molecule has 33 heavy (non-hydrogen) atoms. The first kappa shape index (κ1) is 21.5. The van der Waals surface area contributed by atoms with Crippen LogP contribution in [-0.4, -0.2) is 59.9 Å². The van der Waals surface area contributed by atoms with Crippen LogP contribution in [0.2, 0.25) is 0 Å². The second-order valence-corrected chi connectivity index (χ2v) is 8.75. The van der Waals surface area contributed by atoms with E-state index in [1.165, 1.54) is 4.68 Å². The van der Waals surface area contributed by atoms with Crippen molar-refractivity contribution in [3.05, 3.63) is 30.5 Å². The van der Waals surface area contributed by atoms with Gasteiger partial charge in [0.1, 0.15) is 17.6 Å². The molecule has 5 rings (SSSR count). The van der Waals surface area contributed by atoms with Crippen LogP contribution in [0.4, 0.5) is 14.7 Å². The second-order valence-electron chi connectivity index (χ2n) is 8.75. The molecule has 1 aliphatic rings. The summed E-state index contributed by atoms with van der Waals surface area (Å²) >= 11 is 0. The molecule has 174 valence electrons. The molecule has 0 amide bonds. The number of hydrogen-bond donors (Lipinski definition) is 2. The first-order chi connectivity index (χ1) is 15.8. The summed E-state index contributed by atoms with van der Waals surface area (Å²) in [4.78, 5) is 4.56. The zero-order valence-corrected chi connectivity index (χ0v) is 18.4. The fourth-order valence-electron chi connectivity index (χ4n) is 4.39. The lowest BCUT2D eigenvalue weighted by molar-refractivity contribution is 0.0195. The van der Waals surface area contributed by atoms with Crippen molar-refractivity contribution in [2.45, 2.75) is 57.2 Å². The molecule has 0 bridgehead atoms. The topological polar surface area (TPSA) is 102 Å². The smallest absolute Gasteiger partial charge is 0.258 e. The van der Waals surface area contributed by atoms with Gasteiger partial charge in [0, 0.05) is 17.8 Å². The summed E-state index contributed by atoms with van der Waals surface area (Å²) in [6, 6.07) is 7.46. The molecule has 1 saturated carbocycles. The van der Waals surface area contributed by atoms with Crippen LogP contribution < -0.4 is 10.1 Å². The number of ether oxygens (including phenoxy) is 1. The van der Waals surface area contributed by atoms with E-state index >= 15 is 0 Å². The van der Waals surface area contributed by atoms with E-state index < -0.39 is 18.6 Å². The summed E-state index contributed by atoms with van der Waals surface area (Å²) in [7, 11) is 1.55. The van der Waals surface area contributed by atoms with Crippen molar-refractivity contribution in [1.29, 1.82) is 0 Å². The molecule has 11 heteroatoms. The van der Waals surface area contributed by atoms with Gasteiger partial charge in [-0.15, -0.1) is 10.2 Å². The Morgan fingerprint density at radius 2 is 2.06 bits per heavy atom. The first-order valence-corrected chi connectivity index (χ1v) is 10.9. The third-order valence-electron chi connectivity index (χ3n) is 6.20. The number of nitrogens with one attached hydrogen (secondary N) is 1. The monoisotopic (exact) mass is 457 g/mol. The van der Waals surface area contributed by atoms with Gasteiger partial charge in [-0.05, 0) is 56.4 Å². The molecule has 3 heterocycles. The molecule has 3 aromatic heterocycles. The third kappa shape index (κ3) is 4.20. The Morgan fingerprint density at radius 1 is 1.27 bits per heavy atom. The Hall–Kier alpha value is -3.34. The minimum Gasteiger partial charge on any atom is -0.479 e. The van der Waals surface area contributed by atoms with Gasteiger partial charge >= 0.3 is 0 Å². The fraction of sp³-hybridized carbons (Fsp3) is 0.455. The van der Waals surface area contributed by atoms with E-state index in [2.05, 4.69) is 25.7 Å². The van der Waals surface area contributed by atoms with Gasteiger partial charge in [0.05, 0.1) is 18.2 Å². The van der Waals surface area contributed by atoms with Gasteiger partial charge in [-0.25, -0.2) is 18.0 Å². The lowest BCUT2D eigenvalue weighted by atomic mass is 9.84. The van der Waals surface area contributed by atoms with Crippen LogP contribution in [0, 0.1) is 0 Å². The SMILES string of the molecule is COc1nc(N[C@H]2CC[C@@](C)(O)CC2)nn2ccc(-c3ccc4nnn(CC(F)F)c4c3)c12. The number of rotatable bonds is 6. The Bertz CT molecular complexity index is 1290. The molecule has 9 nitrogen and oxygen atoms in total. The molecule has 0 spiro atoms. The second kappa shape index (κ2) is 8.22. The van der Waals surface area contributed by atoms with Crippen molar-refractivity contribution < 1.29 is 18.6 Å². The average molecular weight is 457 g/mol. The number of aliphatic hydroxyl groups is 1. The Kier molecular flexibility index (Phi) is 5.35. The fourth-order valence-corrected chi connectivity index (χ4v) is 4.39. The largest absolute Gasteiger partial charge is 0.479 e. The van der Waals surface area contributed by atoms with Crippen molar-refractivity contribution in [3.8, 4) is 17.0 Å². The molecule has 0 atom stereocenters. The van der Waals surface area contributed by atoms with Crippen LogP contribution in [0.1, 0.15) is 32.6 Å².